The number of halogens is 1. The number of carboxylic acid groups (broad SMARTS) is 1. The molecule has 0 fully saturated rings. The molecule has 0 aliphatic heterocycles. The average Bonchev–Trinajstić information content (AvgIpc) is 3.50. The van der Waals surface area contributed by atoms with Gasteiger partial charge in [0.05, 0.1) is 5.56 Å². The lowest BCUT2D eigenvalue weighted by Gasteiger charge is -1.99. The predicted molar refractivity (Wildman–Crippen MR) is 127 cm³/mol. The van der Waals surface area contributed by atoms with Crippen molar-refractivity contribution in [1.82, 2.24) is 20.4 Å². The van der Waals surface area contributed by atoms with Crippen molar-refractivity contribution in [3.05, 3.63) is 83.4 Å². The van der Waals surface area contributed by atoms with Gasteiger partial charge in [0, 0.05) is 27.3 Å². The van der Waals surface area contributed by atoms with E-state index in [1.165, 1.54) is 22.7 Å². The van der Waals surface area contributed by atoms with Crippen LogP contribution in [0.2, 0.25) is 5.02 Å². The third kappa shape index (κ3) is 4.16. The summed E-state index contributed by atoms with van der Waals surface area (Å²) in [5.41, 5.74) is 3.91. The highest BCUT2D eigenvalue weighted by molar-refractivity contribution is 7.18. The monoisotopic (exact) mass is 476 g/mol. The Bertz CT molecular complexity index is 1410. The van der Waals surface area contributed by atoms with Crippen LogP contribution in [0.25, 0.3) is 42.3 Å². The van der Waals surface area contributed by atoms with Gasteiger partial charge >= 0.3 is 5.97 Å². The van der Waals surface area contributed by atoms with E-state index in [4.69, 9.17) is 16.7 Å². The minimum Gasteiger partial charge on any atom is -0.478 e. The zero-order valence-electron chi connectivity index (χ0n) is 16.3. The van der Waals surface area contributed by atoms with Crippen molar-refractivity contribution in [1.29, 1.82) is 0 Å². The minimum atomic E-state index is -0.956. The fraction of sp³-hybridized carbons (Fsp3) is 0. The molecule has 0 atom stereocenters. The molecule has 3 aromatic carbocycles. The molecule has 32 heavy (non-hydrogen) atoms. The molecule has 5 rings (SSSR count). The van der Waals surface area contributed by atoms with Crippen LogP contribution in [0.15, 0.2) is 72.8 Å². The first-order valence-corrected chi connectivity index (χ1v) is 11.5. The van der Waals surface area contributed by atoms with Crippen molar-refractivity contribution in [3.8, 4) is 42.3 Å². The summed E-state index contributed by atoms with van der Waals surface area (Å²) in [6.45, 7) is 0. The topological polar surface area (TPSA) is 88.9 Å². The highest BCUT2D eigenvalue weighted by Crippen LogP contribution is 2.34. The molecular formula is C23H13ClN4O2S2. The van der Waals surface area contributed by atoms with Gasteiger partial charge in [-0.1, -0.05) is 76.7 Å². The molecule has 156 valence electrons. The summed E-state index contributed by atoms with van der Waals surface area (Å²) in [6, 6.07) is 22.1. The summed E-state index contributed by atoms with van der Waals surface area (Å²) in [6.07, 6.45) is 0. The Hall–Kier alpha value is -3.46. The largest absolute Gasteiger partial charge is 0.478 e. The van der Waals surface area contributed by atoms with E-state index >= 15 is 0 Å². The second-order valence-corrected chi connectivity index (χ2v) is 9.19. The SMILES string of the molecule is O=C(O)c1ccc(-c2nnc(-c3cccc(-c4nnc(-c5ccc(Cl)cc5)s4)c3)s2)cc1. The quantitative estimate of drug-likeness (QED) is 0.315. The van der Waals surface area contributed by atoms with Crippen LogP contribution >= 0.6 is 34.3 Å². The van der Waals surface area contributed by atoms with Crippen LogP contribution < -0.4 is 0 Å². The maximum Gasteiger partial charge on any atom is 0.335 e. The zero-order valence-corrected chi connectivity index (χ0v) is 18.7. The van der Waals surface area contributed by atoms with E-state index in [1.807, 2.05) is 48.5 Å². The van der Waals surface area contributed by atoms with Crippen LogP contribution in [0.3, 0.4) is 0 Å². The van der Waals surface area contributed by atoms with Crippen molar-refractivity contribution in [3.63, 3.8) is 0 Å². The molecule has 6 nitrogen and oxygen atoms in total. The molecule has 0 aliphatic carbocycles. The third-order valence-electron chi connectivity index (χ3n) is 4.68. The second-order valence-electron chi connectivity index (χ2n) is 6.79. The molecule has 0 radical (unpaired) electrons. The van der Waals surface area contributed by atoms with E-state index in [9.17, 15) is 4.79 Å². The Kier molecular flexibility index (Phi) is 5.48. The smallest absolute Gasteiger partial charge is 0.335 e. The van der Waals surface area contributed by atoms with E-state index in [-0.39, 0.29) is 5.56 Å². The lowest BCUT2D eigenvalue weighted by atomic mass is 10.1. The minimum absolute atomic E-state index is 0.237. The number of hydrogen-bond acceptors (Lipinski definition) is 7. The van der Waals surface area contributed by atoms with Gasteiger partial charge in [-0.25, -0.2) is 4.79 Å². The molecule has 0 saturated heterocycles. The van der Waals surface area contributed by atoms with E-state index < -0.39 is 5.97 Å². The fourth-order valence-electron chi connectivity index (χ4n) is 3.05. The van der Waals surface area contributed by atoms with Crippen LogP contribution in [0.5, 0.6) is 0 Å². The number of rotatable bonds is 5. The van der Waals surface area contributed by atoms with Gasteiger partial charge in [-0.3, -0.25) is 0 Å². The van der Waals surface area contributed by atoms with Gasteiger partial charge in [-0.05, 0) is 30.3 Å². The molecule has 0 saturated carbocycles. The molecule has 0 aliphatic rings. The third-order valence-corrected chi connectivity index (χ3v) is 6.97. The van der Waals surface area contributed by atoms with Gasteiger partial charge in [-0.2, -0.15) is 0 Å². The standard InChI is InChI=1S/C23H13ClN4O2S2/c24-18-10-8-14(9-11-18)20-26-28-22(32-20)17-3-1-2-16(12-17)21-27-25-19(31-21)13-4-6-15(7-5-13)23(29)30/h1-12H,(H,29,30). The van der Waals surface area contributed by atoms with Gasteiger partial charge in [0.15, 0.2) is 0 Å². The van der Waals surface area contributed by atoms with Crippen molar-refractivity contribution < 1.29 is 9.90 Å². The number of benzene rings is 3. The molecule has 2 heterocycles. The number of carbonyl (C=O) groups is 1. The molecule has 2 aromatic heterocycles. The van der Waals surface area contributed by atoms with E-state index in [0.717, 1.165) is 42.3 Å². The molecule has 0 bridgehead atoms. The highest BCUT2D eigenvalue weighted by Gasteiger charge is 2.13. The van der Waals surface area contributed by atoms with Crippen LogP contribution in [-0.4, -0.2) is 31.5 Å². The lowest BCUT2D eigenvalue weighted by molar-refractivity contribution is 0.0697. The van der Waals surface area contributed by atoms with Crippen LogP contribution in [0.1, 0.15) is 10.4 Å². The Morgan fingerprint density at radius 1 is 0.656 bits per heavy atom. The number of carboxylic acids is 1. The number of aromatic nitrogens is 4. The molecule has 9 heteroatoms. The van der Waals surface area contributed by atoms with Crippen LogP contribution in [0, 0.1) is 0 Å². The number of nitrogens with zero attached hydrogens (tertiary/aromatic N) is 4. The van der Waals surface area contributed by atoms with E-state index in [2.05, 4.69) is 20.4 Å². The van der Waals surface area contributed by atoms with Crippen molar-refractivity contribution in [2.75, 3.05) is 0 Å². The zero-order chi connectivity index (χ0) is 22.1. The second kappa shape index (κ2) is 8.58. The van der Waals surface area contributed by atoms with Gasteiger partial charge < -0.3 is 5.11 Å². The Labute approximate surface area is 195 Å². The summed E-state index contributed by atoms with van der Waals surface area (Å²) >= 11 is 8.92. The van der Waals surface area contributed by atoms with Crippen molar-refractivity contribution in [2.45, 2.75) is 0 Å². The highest BCUT2D eigenvalue weighted by atomic mass is 35.5. The van der Waals surface area contributed by atoms with Gasteiger partial charge in [0.25, 0.3) is 0 Å². The molecule has 0 spiro atoms. The molecule has 1 N–H and O–H groups in total. The normalized spacial score (nSPS) is 10.9. The van der Waals surface area contributed by atoms with Gasteiger partial charge in [-0.15, -0.1) is 20.4 Å². The van der Waals surface area contributed by atoms with Crippen LogP contribution in [0.4, 0.5) is 0 Å². The van der Waals surface area contributed by atoms with Crippen molar-refractivity contribution in [2.24, 2.45) is 0 Å². The first kappa shape index (κ1) is 20.4. The number of hydrogen-bond donors (Lipinski definition) is 1. The van der Waals surface area contributed by atoms with E-state index in [0.29, 0.717) is 5.02 Å². The van der Waals surface area contributed by atoms with Crippen molar-refractivity contribution >= 4 is 40.2 Å². The first-order valence-electron chi connectivity index (χ1n) is 9.44. The summed E-state index contributed by atoms with van der Waals surface area (Å²) in [7, 11) is 0. The van der Waals surface area contributed by atoms with E-state index in [1.54, 1.807) is 24.3 Å². The molecular weight excluding hydrogens is 464 g/mol. The summed E-state index contributed by atoms with van der Waals surface area (Å²) < 4.78 is 0. The maximum absolute atomic E-state index is 11.0. The summed E-state index contributed by atoms with van der Waals surface area (Å²) in [5.74, 6) is -0.956. The maximum atomic E-state index is 11.0. The number of aromatic carboxylic acids is 1. The first-order chi connectivity index (χ1) is 15.6. The van der Waals surface area contributed by atoms with Gasteiger partial charge in [0.1, 0.15) is 20.0 Å². The Balaban J connectivity index is 1.41. The van der Waals surface area contributed by atoms with Gasteiger partial charge in [0.2, 0.25) is 0 Å². The average molecular weight is 477 g/mol. The lowest BCUT2D eigenvalue weighted by Crippen LogP contribution is -1.94. The molecule has 0 unspecified atom stereocenters. The fourth-order valence-corrected chi connectivity index (χ4v) is 4.86. The summed E-state index contributed by atoms with van der Waals surface area (Å²) in [4.78, 5) is 11.0. The van der Waals surface area contributed by atoms with Crippen LogP contribution in [-0.2, 0) is 0 Å². The predicted octanol–water partition coefficient (Wildman–Crippen LogP) is 6.41. The molecule has 5 aromatic rings. The molecule has 0 amide bonds. The summed E-state index contributed by atoms with van der Waals surface area (Å²) in [5, 5.41) is 30.1. The Morgan fingerprint density at radius 3 is 1.56 bits per heavy atom. The Morgan fingerprint density at radius 2 is 1.09 bits per heavy atom.